The Kier molecular flexibility index (Phi) is 7.83. The number of hydrogen-bond donors (Lipinski definition) is 4. The topological polar surface area (TPSA) is 123 Å². The Balaban J connectivity index is 1.82. The lowest BCUT2D eigenvalue weighted by molar-refractivity contribution is -0.130. The zero-order chi connectivity index (χ0) is 20.4. The van der Waals surface area contributed by atoms with E-state index in [9.17, 15) is 14.4 Å². The molecule has 0 fully saturated rings. The van der Waals surface area contributed by atoms with E-state index in [0.29, 0.717) is 5.75 Å². The highest BCUT2D eigenvalue weighted by atomic mass is 16.5. The van der Waals surface area contributed by atoms with Crippen LogP contribution >= 0.6 is 0 Å². The molecule has 0 bridgehead atoms. The predicted octanol–water partition coefficient (Wildman–Crippen LogP) is 1.05. The van der Waals surface area contributed by atoms with E-state index in [4.69, 9.17) is 10.5 Å². The number of urea groups is 1. The monoisotopic (exact) mass is 384 g/mol. The summed E-state index contributed by atoms with van der Waals surface area (Å²) >= 11 is 0. The number of carbonyl (C=O) groups is 3. The number of primary amides is 1. The fourth-order valence-electron chi connectivity index (χ4n) is 2.46. The lowest BCUT2D eigenvalue weighted by Gasteiger charge is -2.17. The van der Waals surface area contributed by atoms with Crippen molar-refractivity contribution < 1.29 is 19.1 Å². The first kappa shape index (κ1) is 20.8. The van der Waals surface area contributed by atoms with Crippen molar-refractivity contribution in [2.75, 3.05) is 6.61 Å². The van der Waals surface area contributed by atoms with Gasteiger partial charge in [-0.15, -0.1) is 0 Å². The smallest absolute Gasteiger partial charge is 0.312 e. The summed E-state index contributed by atoms with van der Waals surface area (Å²) in [7, 11) is 0. The number of hydrazine groups is 1. The normalized spacial score (nSPS) is 11.2. The molecule has 5 N–H and O–H groups in total. The summed E-state index contributed by atoms with van der Waals surface area (Å²) < 4.78 is 5.37. The Labute approximate surface area is 163 Å². The molecule has 1 atom stereocenters. The maximum atomic E-state index is 12.3. The van der Waals surface area contributed by atoms with Gasteiger partial charge in [-0.25, -0.2) is 4.79 Å². The summed E-state index contributed by atoms with van der Waals surface area (Å²) in [5.41, 5.74) is 11.7. The van der Waals surface area contributed by atoms with Crippen molar-refractivity contribution in [3.05, 3.63) is 65.7 Å². The molecule has 0 heterocycles. The van der Waals surface area contributed by atoms with Crippen LogP contribution in [0.4, 0.5) is 4.79 Å². The molecule has 2 rings (SSSR count). The second-order valence-corrected chi connectivity index (χ2v) is 6.07. The molecule has 0 aromatic heterocycles. The predicted molar refractivity (Wildman–Crippen MR) is 104 cm³/mol. The van der Waals surface area contributed by atoms with E-state index in [1.54, 1.807) is 12.1 Å². The third-order valence-corrected chi connectivity index (χ3v) is 3.94. The van der Waals surface area contributed by atoms with Gasteiger partial charge in [0, 0.05) is 6.42 Å². The molecular weight excluding hydrogens is 360 g/mol. The van der Waals surface area contributed by atoms with Gasteiger partial charge < -0.3 is 15.8 Å². The Morgan fingerprint density at radius 1 is 0.964 bits per heavy atom. The Morgan fingerprint density at radius 2 is 1.64 bits per heavy atom. The largest absolute Gasteiger partial charge is 0.484 e. The van der Waals surface area contributed by atoms with Crippen LogP contribution in [0.25, 0.3) is 0 Å². The van der Waals surface area contributed by atoms with Gasteiger partial charge in [0.05, 0.1) is 0 Å². The van der Waals surface area contributed by atoms with E-state index < -0.39 is 23.9 Å². The van der Waals surface area contributed by atoms with Crippen LogP contribution in [0.5, 0.6) is 5.75 Å². The Morgan fingerprint density at radius 3 is 2.25 bits per heavy atom. The van der Waals surface area contributed by atoms with Crippen molar-refractivity contribution in [3.63, 3.8) is 0 Å². The molecule has 0 saturated heterocycles. The quantitative estimate of drug-likeness (QED) is 0.508. The minimum atomic E-state index is -0.928. The molecule has 0 spiro atoms. The number of benzene rings is 2. The second-order valence-electron chi connectivity index (χ2n) is 6.07. The fourth-order valence-corrected chi connectivity index (χ4v) is 2.46. The van der Waals surface area contributed by atoms with Crippen LogP contribution in [-0.4, -0.2) is 30.5 Å². The summed E-state index contributed by atoms with van der Waals surface area (Å²) in [4.78, 5) is 35.4. The average Bonchev–Trinajstić information content (AvgIpc) is 2.70. The average molecular weight is 384 g/mol. The third kappa shape index (κ3) is 6.99. The van der Waals surface area contributed by atoms with Gasteiger partial charge in [-0.1, -0.05) is 49.4 Å². The SMILES string of the molecule is CCc1ccc(OCC(=O)NNC(=O)C(Cc2ccccc2)NC(N)=O)cc1. The van der Waals surface area contributed by atoms with E-state index >= 15 is 0 Å². The second kappa shape index (κ2) is 10.6. The molecule has 0 aliphatic heterocycles. The van der Waals surface area contributed by atoms with Crippen molar-refractivity contribution in [2.24, 2.45) is 5.73 Å². The summed E-state index contributed by atoms with van der Waals surface area (Å²) in [5, 5.41) is 2.36. The highest BCUT2D eigenvalue weighted by molar-refractivity contribution is 5.88. The first-order valence-electron chi connectivity index (χ1n) is 8.88. The molecule has 8 nitrogen and oxygen atoms in total. The molecule has 0 radical (unpaired) electrons. The Hall–Kier alpha value is -3.55. The molecular formula is C20H24N4O4. The van der Waals surface area contributed by atoms with Crippen molar-refractivity contribution in [3.8, 4) is 5.75 Å². The molecule has 148 valence electrons. The van der Waals surface area contributed by atoms with Crippen LogP contribution in [0.15, 0.2) is 54.6 Å². The van der Waals surface area contributed by atoms with Gasteiger partial charge >= 0.3 is 6.03 Å². The van der Waals surface area contributed by atoms with Crippen LogP contribution in [0.3, 0.4) is 0 Å². The molecule has 0 aliphatic carbocycles. The van der Waals surface area contributed by atoms with E-state index in [1.807, 2.05) is 49.4 Å². The number of ether oxygens (including phenoxy) is 1. The summed E-state index contributed by atoms with van der Waals surface area (Å²) in [6.07, 6.45) is 1.14. The maximum Gasteiger partial charge on any atom is 0.312 e. The lowest BCUT2D eigenvalue weighted by atomic mass is 10.1. The van der Waals surface area contributed by atoms with Crippen LogP contribution in [-0.2, 0) is 22.4 Å². The molecule has 0 saturated carbocycles. The number of amides is 4. The Bertz CT molecular complexity index is 794. The number of rotatable bonds is 8. The van der Waals surface area contributed by atoms with E-state index in [2.05, 4.69) is 16.2 Å². The minimum absolute atomic E-state index is 0.228. The van der Waals surface area contributed by atoms with Crippen molar-refractivity contribution in [2.45, 2.75) is 25.8 Å². The number of hydrogen-bond acceptors (Lipinski definition) is 4. The number of nitrogens with one attached hydrogen (secondary N) is 3. The molecule has 4 amide bonds. The van der Waals surface area contributed by atoms with E-state index in [1.165, 1.54) is 0 Å². The summed E-state index contributed by atoms with van der Waals surface area (Å²) in [6.45, 7) is 1.78. The van der Waals surface area contributed by atoms with Crippen molar-refractivity contribution in [1.29, 1.82) is 0 Å². The maximum absolute atomic E-state index is 12.3. The number of aryl methyl sites for hydroxylation is 1. The molecule has 1 unspecified atom stereocenters. The third-order valence-electron chi connectivity index (χ3n) is 3.94. The first-order valence-corrected chi connectivity index (χ1v) is 8.88. The van der Waals surface area contributed by atoms with Crippen LogP contribution < -0.4 is 26.6 Å². The van der Waals surface area contributed by atoms with E-state index in [-0.39, 0.29) is 13.0 Å². The van der Waals surface area contributed by atoms with Crippen LogP contribution in [0, 0.1) is 0 Å². The standard InChI is InChI=1S/C20H24N4O4/c1-2-14-8-10-16(11-9-14)28-13-18(25)23-24-19(26)17(22-20(21)27)12-15-6-4-3-5-7-15/h3-11,17H,2,12-13H2,1H3,(H,23,25)(H,24,26)(H3,21,22,27). The summed E-state index contributed by atoms with van der Waals surface area (Å²) in [5.74, 6) is -0.579. The fraction of sp³-hybridized carbons (Fsp3) is 0.250. The van der Waals surface area contributed by atoms with Crippen LogP contribution in [0.2, 0.25) is 0 Å². The zero-order valence-corrected chi connectivity index (χ0v) is 15.6. The van der Waals surface area contributed by atoms with Gasteiger partial charge in [-0.05, 0) is 29.7 Å². The highest BCUT2D eigenvalue weighted by Crippen LogP contribution is 2.12. The molecule has 8 heteroatoms. The number of nitrogens with two attached hydrogens (primary N) is 1. The van der Waals surface area contributed by atoms with Crippen molar-refractivity contribution >= 4 is 17.8 Å². The molecule has 28 heavy (non-hydrogen) atoms. The van der Waals surface area contributed by atoms with Gasteiger partial charge in [0.2, 0.25) is 0 Å². The van der Waals surface area contributed by atoms with Gasteiger partial charge in [0.15, 0.2) is 6.61 Å². The number of carbonyl (C=O) groups excluding carboxylic acids is 3. The molecule has 2 aromatic carbocycles. The van der Waals surface area contributed by atoms with Crippen molar-refractivity contribution in [1.82, 2.24) is 16.2 Å². The lowest BCUT2D eigenvalue weighted by Crippen LogP contribution is -2.54. The van der Waals surface area contributed by atoms with Gasteiger partial charge in [0.1, 0.15) is 11.8 Å². The summed E-state index contributed by atoms with van der Waals surface area (Å²) in [6, 6.07) is 14.7. The van der Waals surface area contributed by atoms with Crippen LogP contribution in [0.1, 0.15) is 18.1 Å². The van der Waals surface area contributed by atoms with Gasteiger partial charge in [-0.2, -0.15) is 0 Å². The highest BCUT2D eigenvalue weighted by Gasteiger charge is 2.20. The first-order chi connectivity index (χ1) is 13.5. The minimum Gasteiger partial charge on any atom is -0.484 e. The van der Waals surface area contributed by atoms with E-state index in [0.717, 1.165) is 17.5 Å². The van der Waals surface area contributed by atoms with Gasteiger partial charge in [-0.3, -0.25) is 20.4 Å². The van der Waals surface area contributed by atoms with Gasteiger partial charge in [0.25, 0.3) is 11.8 Å². The zero-order valence-electron chi connectivity index (χ0n) is 15.6. The molecule has 0 aliphatic rings. The molecule has 2 aromatic rings.